The third-order valence-corrected chi connectivity index (χ3v) is 6.86. The molecule has 4 nitrogen and oxygen atoms in total. The van der Waals surface area contributed by atoms with Gasteiger partial charge in [-0.25, -0.2) is 8.78 Å². The van der Waals surface area contributed by atoms with E-state index in [1.54, 1.807) is 0 Å². The minimum absolute atomic E-state index is 0.0699. The molecule has 0 unspecified atom stereocenters. The molecule has 0 aromatic heterocycles. The first-order chi connectivity index (χ1) is 16.8. The lowest BCUT2D eigenvalue weighted by Gasteiger charge is -2.11. The van der Waals surface area contributed by atoms with Crippen LogP contribution in [0.5, 0.6) is 0 Å². The van der Waals surface area contributed by atoms with Crippen molar-refractivity contribution in [1.29, 1.82) is 0 Å². The summed E-state index contributed by atoms with van der Waals surface area (Å²) in [4.78, 5) is 25.5. The quantitative estimate of drug-likeness (QED) is 0.251. The summed E-state index contributed by atoms with van der Waals surface area (Å²) in [5, 5.41) is 4.52. The number of carbonyl (C=O) groups is 2. The number of para-hydroxylation sites is 1. The summed E-state index contributed by atoms with van der Waals surface area (Å²) < 4.78 is 65.3. The van der Waals surface area contributed by atoms with Gasteiger partial charge < -0.3 is 10.6 Å². The molecule has 1 aliphatic rings. The lowest BCUT2D eigenvalue weighted by molar-refractivity contribution is -0.137. The molecule has 0 aliphatic heterocycles. The van der Waals surface area contributed by atoms with E-state index in [9.17, 15) is 31.5 Å². The lowest BCUT2D eigenvalue weighted by Crippen LogP contribution is -2.18. The molecule has 0 radical (unpaired) electrons. The van der Waals surface area contributed by atoms with E-state index in [4.69, 9.17) is 34.8 Å². The highest BCUT2D eigenvalue weighted by Gasteiger charge is 2.67. The van der Waals surface area contributed by atoms with Gasteiger partial charge in [-0.2, -0.15) is 13.2 Å². The van der Waals surface area contributed by atoms with Gasteiger partial charge in [-0.1, -0.05) is 35.9 Å². The van der Waals surface area contributed by atoms with Crippen LogP contribution in [-0.2, 0) is 11.0 Å². The van der Waals surface area contributed by atoms with E-state index < -0.39 is 57.0 Å². The maximum absolute atomic E-state index is 13.9. The fourth-order valence-corrected chi connectivity index (χ4v) is 4.80. The van der Waals surface area contributed by atoms with Gasteiger partial charge in [0.25, 0.3) is 5.91 Å². The molecule has 0 saturated heterocycles. The van der Waals surface area contributed by atoms with Gasteiger partial charge in [0.2, 0.25) is 5.91 Å². The Morgan fingerprint density at radius 3 is 2.17 bits per heavy atom. The van der Waals surface area contributed by atoms with Gasteiger partial charge in [-0.3, -0.25) is 9.59 Å². The van der Waals surface area contributed by atoms with Crippen molar-refractivity contribution in [2.75, 3.05) is 10.6 Å². The zero-order valence-corrected chi connectivity index (χ0v) is 20.0. The third kappa shape index (κ3) is 5.14. The second-order valence-corrected chi connectivity index (χ2v) is 9.84. The van der Waals surface area contributed by atoms with Crippen LogP contribution in [0.15, 0.2) is 60.7 Å². The van der Waals surface area contributed by atoms with Gasteiger partial charge in [0.15, 0.2) is 0 Å². The second kappa shape index (κ2) is 9.53. The number of hydrogen-bond acceptors (Lipinski definition) is 2. The smallest absolute Gasteiger partial charge is 0.326 e. The van der Waals surface area contributed by atoms with Crippen LogP contribution in [0.3, 0.4) is 0 Å². The summed E-state index contributed by atoms with van der Waals surface area (Å²) >= 11 is 18.5. The van der Waals surface area contributed by atoms with E-state index >= 15 is 0 Å². The highest BCUT2D eigenvalue weighted by Crippen LogP contribution is 2.65. The van der Waals surface area contributed by atoms with Crippen LogP contribution < -0.4 is 10.6 Å². The van der Waals surface area contributed by atoms with Crippen LogP contribution in [0.4, 0.5) is 33.3 Å². The Morgan fingerprint density at radius 1 is 0.889 bits per heavy atom. The number of amides is 2. The van der Waals surface area contributed by atoms with Crippen molar-refractivity contribution in [1.82, 2.24) is 0 Å². The van der Waals surface area contributed by atoms with Crippen LogP contribution in [0, 0.1) is 17.6 Å². The fraction of sp³-hybridized carbons (Fsp3) is 0.167. The maximum atomic E-state index is 13.9. The van der Waals surface area contributed by atoms with E-state index in [2.05, 4.69) is 10.6 Å². The molecule has 1 fully saturated rings. The van der Waals surface area contributed by atoms with Crippen molar-refractivity contribution >= 4 is 58.0 Å². The Morgan fingerprint density at radius 2 is 1.53 bits per heavy atom. The number of rotatable bonds is 5. The molecule has 2 amide bonds. The van der Waals surface area contributed by atoms with Crippen molar-refractivity contribution in [3.63, 3.8) is 0 Å². The van der Waals surface area contributed by atoms with Crippen molar-refractivity contribution in [3.8, 4) is 0 Å². The first kappa shape index (κ1) is 26.2. The molecule has 12 heteroatoms. The number of halogens is 8. The van der Waals surface area contributed by atoms with Crippen molar-refractivity contribution in [3.05, 3.63) is 94.0 Å². The predicted octanol–water partition coefficient (Wildman–Crippen LogP) is 7.42. The average molecular weight is 564 g/mol. The first-order valence-electron chi connectivity index (χ1n) is 10.2. The summed E-state index contributed by atoms with van der Waals surface area (Å²) in [7, 11) is 0. The Hall–Kier alpha value is -2.88. The number of carbonyl (C=O) groups excluding carboxylic acids is 2. The molecule has 36 heavy (non-hydrogen) atoms. The molecule has 188 valence electrons. The number of hydrogen-bond donors (Lipinski definition) is 2. The Labute approximate surface area is 216 Å². The van der Waals surface area contributed by atoms with Crippen LogP contribution in [0.25, 0.3) is 0 Å². The molecular formula is C24H14Cl3F5N2O2. The van der Waals surface area contributed by atoms with E-state index in [-0.39, 0.29) is 21.8 Å². The highest BCUT2D eigenvalue weighted by atomic mass is 35.5. The molecular weight excluding hydrogens is 550 g/mol. The topological polar surface area (TPSA) is 58.2 Å². The lowest BCUT2D eigenvalue weighted by atomic mass is 10.1. The molecule has 2 atom stereocenters. The van der Waals surface area contributed by atoms with Gasteiger partial charge in [0, 0.05) is 11.6 Å². The Kier molecular flexibility index (Phi) is 6.94. The number of anilines is 2. The van der Waals surface area contributed by atoms with Gasteiger partial charge in [-0.15, -0.1) is 23.2 Å². The van der Waals surface area contributed by atoms with Gasteiger partial charge in [0.05, 0.1) is 22.1 Å². The average Bonchev–Trinajstić information content (AvgIpc) is 3.39. The summed E-state index contributed by atoms with van der Waals surface area (Å²) in [5.41, 5.74) is -1.58. The SMILES string of the molecule is O=C(Nc1c(F)cccc1F)c1cc(NC(=O)[C@@H]2[C@@H](c3cccc(C(F)(F)F)c3)C2(Cl)Cl)ccc1Cl. The summed E-state index contributed by atoms with van der Waals surface area (Å²) in [6, 6.07) is 11.2. The Balaban J connectivity index is 1.53. The monoisotopic (exact) mass is 562 g/mol. The molecule has 0 bridgehead atoms. The number of nitrogens with one attached hydrogen (secondary N) is 2. The Bertz CT molecular complexity index is 1340. The van der Waals surface area contributed by atoms with E-state index in [0.29, 0.717) is 0 Å². The van der Waals surface area contributed by atoms with E-state index in [1.807, 2.05) is 0 Å². The largest absolute Gasteiger partial charge is 0.416 e. The van der Waals surface area contributed by atoms with Crippen LogP contribution >= 0.6 is 34.8 Å². The normalized spacial score (nSPS) is 18.4. The molecule has 3 aromatic carbocycles. The molecule has 0 spiro atoms. The first-order valence-corrected chi connectivity index (χ1v) is 11.3. The number of benzene rings is 3. The molecule has 3 aromatic rings. The maximum Gasteiger partial charge on any atom is 0.416 e. The van der Waals surface area contributed by atoms with Gasteiger partial charge >= 0.3 is 6.18 Å². The minimum Gasteiger partial charge on any atom is -0.326 e. The van der Waals surface area contributed by atoms with Crippen LogP contribution in [0.1, 0.15) is 27.4 Å². The van der Waals surface area contributed by atoms with Crippen molar-refractivity contribution in [2.45, 2.75) is 16.4 Å². The third-order valence-electron chi connectivity index (χ3n) is 5.59. The molecule has 1 saturated carbocycles. The summed E-state index contributed by atoms with van der Waals surface area (Å²) in [5.74, 6) is -5.67. The zero-order chi connectivity index (χ0) is 26.4. The van der Waals surface area contributed by atoms with E-state index in [1.165, 1.54) is 30.3 Å². The molecule has 2 N–H and O–H groups in total. The molecule has 4 rings (SSSR count). The van der Waals surface area contributed by atoms with Crippen LogP contribution in [0.2, 0.25) is 5.02 Å². The predicted molar refractivity (Wildman–Crippen MR) is 127 cm³/mol. The summed E-state index contributed by atoms with van der Waals surface area (Å²) in [6.45, 7) is 0. The molecule has 1 aliphatic carbocycles. The van der Waals surface area contributed by atoms with Crippen molar-refractivity contribution in [2.24, 2.45) is 5.92 Å². The standard InChI is InChI=1S/C24H14Cl3F5N2O2/c25-15-8-7-13(10-14(15)21(35)34-20-16(28)5-2-6-17(20)29)33-22(36)19-18(23(19,26)27)11-3-1-4-12(9-11)24(30,31)32/h1-10,18-19H,(H,33,36)(H,34,35)/t18-,19+/m1/s1. The summed E-state index contributed by atoms with van der Waals surface area (Å²) in [6.07, 6.45) is -4.59. The fourth-order valence-electron chi connectivity index (χ4n) is 3.77. The zero-order valence-electron chi connectivity index (χ0n) is 17.8. The van der Waals surface area contributed by atoms with Crippen molar-refractivity contribution < 1.29 is 31.5 Å². The van der Waals surface area contributed by atoms with Crippen LogP contribution in [-0.4, -0.2) is 16.1 Å². The van der Waals surface area contributed by atoms with E-state index in [0.717, 1.165) is 30.3 Å². The second-order valence-electron chi connectivity index (χ2n) is 7.99. The van der Waals surface area contributed by atoms with Gasteiger partial charge in [0.1, 0.15) is 21.7 Å². The minimum atomic E-state index is -4.59. The number of alkyl halides is 5. The highest BCUT2D eigenvalue weighted by molar-refractivity contribution is 6.53. The van der Waals surface area contributed by atoms with Gasteiger partial charge in [-0.05, 0) is 42.0 Å². The molecule has 0 heterocycles.